The fourth-order valence-electron chi connectivity index (χ4n) is 18.5. The van der Waals surface area contributed by atoms with Crippen LogP contribution in [-0.4, -0.2) is 190 Å². The first kappa shape index (κ1) is 82.9. The van der Waals surface area contributed by atoms with Gasteiger partial charge in [0.2, 0.25) is 23.6 Å². The van der Waals surface area contributed by atoms with Gasteiger partial charge >= 0.3 is 24.4 Å². The molecule has 4 fully saturated rings. The number of carbonyl (C=O) groups excluding carboxylic acids is 8. The number of rotatable bonds is 20. The Hall–Kier alpha value is -12.2. The van der Waals surface area contributed by atoms with Crippen LogP contribution < -0.4 is 21.3 Å². The minimum atomic E-state index is -0.687. The zero-order chi connectivity index (χ0) is 84.5. The molecule has 1 aliphatic carbocycles. The normalized spacial score (nSPS) is 19.1. The van der Waals surface area contributed by atoms with Crippen molar-refractivity contribution in [2.24, 2.45) is 33.7 Å². The summed E-state index contributed by atoms with van der Waals surface area (Å²) < 4.78 is 19.2. The Kier molecular flexibility index (Phi) is 24.4. The summed E-state index contributed by atoms with van der Waals surface area (Å²) in [5.74, 6) is 0.659. The van der Waals surface area contributed by atoms with E-state index >= 15 is 0 Å². The number of aliphatic imine (C=N–C) groups is 2. The Morgan fingerprint density at radius 1 is 0.392 bits per heavy atom. The molecule has 16 rings (SSSR count). The SMILES string of the molecule is COC(=O)N[C@H](C(=O)N1CCC[C@H]1C1=NC2=C(C1)c1ccc(-c3ccc4cc(-c5cnc([C@@H]6CCCN6C(=O)[C@@H](NC(=O)OC)C(C)C)[nH]5)ccc4c3)cc1CC2)C(C)C.COC(=O)N[C@H](C(=O)N1CCC[C@H]1C1=Nc2ccc3cc(-c4ccc5cc(-c6cnc([C@@H]7CCCN7C(=O)[C@@H](NC(=O)OC)C(C)C)[nH]6)ccc5c4)ccc3c2C1)C(C)C. The zero-order valence-corrected chi connectivity index (χ0v) is 70.4. The van der Waals surface area contributed by atoms with E-state index in [-0.39, 0.29) is 71.5 Å². The molecule has 0 spiro atoms. The fraction of sp³-hybridized carbons (Fsp3) is 0.426. The van der Waals surface area contributed by atoms with E-state index in [4.69, 9.17) is 38.9 Å². The number of alkyl carbamates (subject to hydrolysis) is 4. The number of nitrogens with zero attached hydrogens (tertiary/aromatic N) is 8. The molecule has 7 aromatic carbocycles. The van der Waals surface area contributed by atoms with Crippen LogP contribution in [0.4, 0.5) is 24.9 Å². The molecule has 0 saturated carbocycles. The first-order valence-corrected chi connectivity index (χ1v) is 42.2. The average Bonchev–Trinajstić information content (AvgIpc) is 1.45. The average molecular weight is 1630 g/mol. The lowest BCUT2D eigenvalue weighted by molar-refractivity contribution is -0.136. The molecule has 0 radical (unpaired) electrons. The van der Waals surface area contributed by atoms with Gasteiger partial charge in [0.25, 0.3) is 0 Å². The molecule has 6 N–H and O–H groups in total. The van der Waals surface area contributed by atoms with Gasteiger partial charge in [0, 0.05) is 67.3 Å². The summed E-state index contributed by atoms with van der Waals surface area (Å²) in [4.78, 5) is 137. The number of amides is 8. The summed E-state index contributed by atoms with van der Waals surface area (Å²) in [6.45, 7) is 17.8. The van der Waals surface area contributed by atoms with Crippen molar-refractivity contribution in [1.82, 2.24) is 60.8 Å². The first-order chi connectivity index (χ1) is 57.9. The number of ether oxygens (including phenoxy) is 4. The summed E-state index contributed by atoms with van der Waals surface area (Å²) in [5.41, 5.74) is 17.4. The fourth-order valence-corrected chi connectivity index (χ4v) is 18.5. The van der Waals surface area contributed by atoms with Gasteiger partial charge in [0.1, 0.15) is 35.8 Å². The van der Waals surface area contributed by atoms with Gasteiger partial charge in [-0.25, -0.2) is 29.1 Å². The van der Waals surface area contributed by atoms with Gasteiger partial charge in [-0.2, -0.15) is 0 Å². The number of nitrogens with one attached hydrogen (secondary N) is 6. The quantitative estimate of drug-likeness (QED) is 0.0387. The lowest BCUT2D eigenvalue weighted by Crippen LogP contribution is -2.53. The summed E-state index contributed by atoms with van der Waals surface area (Å²) >= 11 is 0. The second-order valence-electron chi connectivity index (χ2n) is 34.0. The van der Waals surface area contributed by atoms with E-state index < -0.39 is 48.5 Å². The van der Waals surface area contributed by atoms with Crippen LogP contribution in [0.25, 0.3) is 82.7 Å². The second-order valence-corrected chi connectivity index (χ2v) is 34.0. The molecule has 8 amide bonds. The third-order valence-corrected chi connectivity index (χ3v) is 25.0. The molecule has 8 atom stereocenters. The van der Waals surface area contributed by atoms with Crippen molar-refractivity contribution in [3.05, 3.63) is 168 Å². The largest absolute Gasteiger partial charge is 0.453 e. The van der Waals surface area contributed by atoms with Gasteiger partial charge in [0.15, 0.2) is 0 Å². The number of benzene rings is 7. The summed E-state index contributed by atoms with van der Waals surface area (Å²) in [7, 11) is 5.21. The van der Waals surface area contributed by atoms with Crippen LogP contribution in [0.2, 0.25) is 0 Å². The lowest BCUT2D eigenvalue weighted by Gasteiger charge is -2.31. The molecule has 7 aliphatic rings. The van der Waals surface area contributed by atoms with Crippen LogP contribution in [0.1, 0.15) is 160 Å². The number of aryl methyl sites for hydroxylation is 1. The van der Waals surface area contributed by atoms with Crippen molar-refractivity contribution in [2.75, 3.05) is 54.6 Å². The molecule has 6 aliphatic heterocycles. The number of methoxy groups -OCH3 is 4. The van der Waals surface area contributed by atoms with Crippen molar-refractivity contribution < 1.29 is 57.3 Å². The molecule has 626 valence electrons. The third-order valence-electron chi connectivity index (χ3n) is 25.0. The molecule has 2 aromatic heterocycles. The molecule has 8 heterocycles. The van der Waals surface area contributed by atoms with Crippen LogP contribution in [0, 0.1) is 23.7 Å². The molecule has 26 heteroatoms. The standard InChI is InChI=1S/C47H55N7O6.C47H53N7O6/c2*1-26(2)41(51-46(57)59-5)44(55)53-19-7-9-39(53)37-24-35-34-17-15-31(22-32(34)16-18-36(35)49-37)28-11-12-30-23-33(14-13-29(30)21-28)38-25-48-43(50-38)40-10-8-20-54(40)45(56)42(27(3)4)52-47(58)60-6/h11-15,17,21-23,25-27,39-42H,7-10,16,18-20,24H2,1-6H3,(H,48,50)(H,51,57)(H,52,58);11-18,21-23,25-27,39-42H,7-10,19-20,24H2,1-6H3,(H,48,50)(H,51,57)(H,52,58)/t2*39-,40-,41-,42-/m00/s1. The van der Waals surface area contributed by atoms with E-state index in [9.17, 15) is 38.4 Å². The Bertz CT molecular complexity index is 5580. The minimum Gasteiger partial charge on any atom is -0.453 e. The van der Waals surface area contributed by atoms with Crippen LogP contribution in [-0.2, 0) is 51.0 Å². The predicted octanol–water partition coefficient (Wildman–Crippen LogP) is 15.9. The Balaban J connectivity index is 0.000000187. The van der Waals surface area contributed by atoms with Crippen molar-refractivity contribution in [2.45, 2.75) is 181 Å². The van der Waals surface area contributed by atoms with Crippen molar-refractivity contribution >= 4 is 103 Å². The monoisotopic (exact) mass is 1620 g/mol. The lowest BCUT2D eigenvalue weighted by atomic mass is 9.85. The zero-order valence-electron chi connectivity index (χ0n) is 70.4. The van der Waals surface area contributed by atoms with Gasteiger partial charge < -0.3 is 69.8 Å². The maximum Gasteiger partial charge on any atom is 0.407 e. The van der Waals surface area contributed by atoms with Gasteiger partial charge in [0.05, 0.1) is 82.1 Å². The summed E-state index contributed by atoms with van der Waals surface area (Å²) in [6, 6.07) is 40.2. The topological polar surface area (TPSA) is 317 Å². The maximum atomic E-state index is 13.8. The van der Waals surface area contributed by atoms with E-state index in [1.54, 1.807) is 0 Å². The van der Waals surface area contributed by atoms with E-state index in [0.29, 0.717) is 32.6 Å². The van der Waals surface area contributed by atoms with E-state index in [0.717, 1.165) is 177 Å². The maximum absolute atomic E-state index is 13.8. The minimum absolute atomic E-state index is 0.0749. The Morgan fingerprint density at radius 3 is 1.16 bits per heavy atom. The molecule has 4 saturated heterocycles. The van der Waals surface area contributed by atoms with Crippen LogP contribution in [0.5, 0.6) is 0 Å². The van der Waals surface area contributed by atoms with Crippen molar-refractivity contribution in [3.8, 4) is 44.8 Å². The van der Waals surface area contributed by atoms with Crippen LogP contribution in [0.15, 0.2) is 149 Å². The number of allylic oxidation sites excluding steroid dienone is 2. The highest BCUT2D eigenvalue weighted by Crippen LogP contribution is 2.45. The highest BCUT2D eigenvalue weighted by Gasteiger charge is 2.44. The number of H-pyrrole nitrogens is 2. The number of aromatic nitrogens is 4. The number of hydrogen-bond acceptors (Lipinski definition) is 16. The molecule has 0 bridgehead atoms. The number of likely N-dealkylation sites (tertiary alicyclic amines) is 4. The van der Waals surface area contributed by atoms with E-state index in [1.807, 2.05) is 87.4 Å². The second kappa shape index (κ2) is 35.4. The number of carbonyl (C=O) groups is 8. The van der Waals surface area contributed by atoms with Gasteiger partial charge in [-0.3, -0.25) is 29.2 Å². The molecule has 9 aromatic rings. The molecule has 0 unspecified atom stereocenters. The molecule has 26 nitrogen and oxygen atoms in total. The number of imidazole rings is 2. The number of aromatic amines is 2. The van der Waals surface area contributed by atoms with Crippen LogP contribution >= 0.6 is 0 Å². The summed E-state index contributed by atoms with van der Waals surface area (Å²) in [5, 5.41) is 17.7. The molecule has 120 heavy (non-hydrogen) atoms. The Labute approximate surface area is 699 Å². The highest BCUT2D eigenvalue weighted by molar-refractivity contribution is 6.08. The van der Waals surface area contributed by atoms with Crippen LogP contribution in [0.3, 0.4) is 0 Å². The van der Waals surface area contributed by atoms with Gasteiger partial charge in [-0.15, -0.1) is 0 Å². The van der Waals surface area contributed by atoms with Crippen molar-refractivity contribution in [3.63, 3.8) is 0 Å². The third kappa shape index (κ3) is 16.9. The van der Waals surface area contributed by atoms with Crippen molar-refractivity contribution in [1.29, 1.82) is 0 Å². The van der Waals surface area contributed by atoms with Gasteiger partial charge in [-0.05, 0) is 201 Å². The first-order valence-electron chi connectivity index (χ1n) is 42.2. The smallest absolute Gasteiger partial charge is 0.407 e. The van der Waals surface area contributed by atoms with E-state index in [2.05, 4.69) is 153 Å². The number of hydrogen-bond donors (Lipinski definition) is 6. The van der Waals surface area contributed by atoms with E-state index in [1.165, 1.54) is 56.3 Å². The predicted molar refractivity (Wildman–Crippen MR) is 463 cm³/mol. The number of fused-ring (bicyclic) bond motifs is 7. The Morgan fingerprint density at radius 2 is 0.742 bits per heavy atom. The molecular weight excluding hydrogens is 1520 g/mol. The summed E-state index contributed by atoms with van der Waals surface area (Å²) in [6.07, 6.45) is 11.2. The van der Waals surface area contributed by atoms with Gasteiger partial charge in [-0.1, -0.05) is 140 Å². The molecular formula is C94H108N14O12. The highest BCUT2D eigenvalue weighted by atomic mass is 16.5.